The maximum atomic E-state index is 12.1. The van der Waals surface area contributed by atoms with Crippen LogP contribution in [-0.4, -0.2) is 9.78 Å². The number of fused-ring (bicyclic) bond motifs is 1. The van der Waals surface area contributed by atoms with Crippen LogP contribution < -0.4 is 10.9 Å². The summed E-state index contributed by atoms with van der Waals surface area (Å²) in [7, 11) is 0. The van der Waals surface area contributed by atoms with Crippen LogP contribution in [0.25, 0.3) is 0 Å². The highest BCUT2D eigenvalue weighted by Crippen LogP contribution is 2.31. The predicted molar refractivity (Wildman–Crippen MR) is 90.1 cm³/mol. The molecule has 0 bridgehead atoms. The van der Waals surface area contributed by atoms with Gasteiger partial charge in [-0.15, -0.1) is 17.9 Å². The lowest BCUT2D eigenvalue weighted by Crippen LogP contribution is -2.23. The van der Waals surface area contributed by atoms with E-state index < -0.39 is 0 Å². The monoisotopic (exact) mass is 365 g/mol. The number of rotatable bonds is 5. The number of halogens is 1. The highest BCUT2D eigenvalue weighted by Gasteiger charge is 2.15. The summed E-state index contributed by atoms with van der Waals surface area (Å²) in [5.41, 5.74) is 2.08. The van der Waals surface area contributed by atoms with Crippen LogP contribution in [0.2, 0.25) is 0 Å². The molecule has 0 unspecified atom stereocenters. The number of anilines is 1. The Morgan fingerprint density at radius 3 is 3.14 bits per heavy atom. The van der Waals surface area contributed by atoms with Crippen LogP contribution in [0.3, 0.4) is 0 Å². The molecule has 0 saturated heterocycles. The maximum Gasteiger partial charge on any atom is 0.283 e. The molecule has 2 aromatic heterocycles. The van der Waals surface area contributed by atoms with Gasteiger partial charge in [-0.1, -0.05) is 6.08 Å². The molecule has 1 N–H and O–H groups in total. The average Bonchev–Trinajstić information content (AvgIpc) is 3.04. The zero-order valence-corrected chi connectivity index (χ0v) is 14.0. The fourth-order valence-electron chi connectivity index (χ4n) is 2.50. The number of aryl methyl sites for hydroxylation is 2. The summed E-state index contributed by atoms with van der Waals surface area (Å²) in [5.74, 6) is 0. The highest BCUT2D eigenvalue weighted by atomic mass is 79.9. The van der Waals surface area contributed by atoms with Gasteiger partial charge < -0.3 is 5.32 Å². The fourth-order valence-corrected chi connectivity index (χ4v) is 4.15. The van der Waals surface area contributed by atoms with E-state index in [1.807, 2.05) is 11.3 Å². The topological polar surface area (TPSA) is 46.9 Å². The minimum atomic E-state index is -0.145. The van der Waals surface area contributed by atoms with Crippen molar-refractivity contribution in [1.29, 1.82) is 0 Å². The molecular weight excluding hydrogens is 350 g/mol. The van der Waals surface area contributed by atoms with Gasteiger partial charge in [0.2, 0.25) is 0 Å². The van der Waals surface area contributed by atoms with Gasteiger partial charge in [-0.05, 0) is 46.8 Å². The second kappa shape index (κ2) is 6.15. The van der Waals surface area contributed by atoms with Crippen molar-refractivity contribution in [1.82, 2.24) is 9.78 Å². The average molecular weight is 366 g/mol. The first-order chi connectivity index (χ1) is 10.2. The Morgan fingerprint density at radius 2 is 2.38 bits per heavy atom. The zero-order valence-electron chi connectivity index (χ0n) is 11.6. The van der Waals surface area contributed by atoms with Gasteiger partial charge in [-0.2, -0.15) is 5.10 Å². The summed E-state index contributed by atoms with van der Waals surface area (Å²) in [6, 6.07) is 2.28. The van der Waals surface area contributed by atoms with Crippen molar-refractivity contribution >= 4 is 33.0 Å². The van der Waals surface area contributed by atoms with Crippen molar-refractivity contribution in [3.63, 3.8) is 0 Å². The van der Waals surface area contributed by atoms with Crippen molar-refractivity contribution in [3.8, 4) is 0 Å². The first-order valence-electron chi connectivity index (χ1n) is 6.90. The van der Waals surface area contributed by atoms with Gasteiger partial charge in [0.05, 0.1) is 18.4 Å². The third-order valence-electron chi connectivity index (χ3n) is 3.54. The molecular formula is C15H16BrN3OS. The maximum absolute atomic E-state index is 12.1. The third-order valence-corrected chi connectivity index (χ3v) is 5.54. The van der Waals surface area contributed by atoms with Crippen molar-refractivity contribution in [3.05, 3.63) is 55.1 Å². The molecule has 1 aliphatic rings. The van der Waals surface area contributed by atoms with Gasteiger partial charge in [0, 0.05) is 16.3 Å². The van der Waals surface area contributed by atoms with E-state index in [-0.39, 0.29) is 5.56 Å². The van der Waals surface area contributed by atoms with E-state index in [1.54, 1.807) is 12.3 Å². The van der Waals surface area contributed by atoms with Gasteiger partial charge >= 0.3 is 0 Å². The summed E-state index contributed by atoms with van der Waals surface area (Å²) >= 11 is 5.22. The summed E-state index contributed by atoms with van der Waals surface area (Å²) in [6.07, 6.45) is 7.03. The molecule has 0 atom stereocenters. The van der Waals surface area contributed by atoms with Crippen LogP contribution in [0.5, 0.6) is 0 Å². The van der Waals surface area contributed by atoms with Gasteiger partial charge in [0.25, 0.3) is 5.56 Å². The SMILES string of the molecule is C=CCn1ncc(NCc2cc3c(s2)CCC3)c(Br)c1=O. The lowest BCUT2D eigenvalue weighted by atomic mass is 10.2. The quantitative estimate of drug-likeness (QED) is 0.826. The normalized spacial score (nSPS) is 13.2. The van der Waals surface area contributed by atoms with Crippen molar-refractivity contribution in [2.75, 3.05) is 5.32 Å². The van der Waals surface area contributed by atoms with E-state index in [4.69, 9.17) is 0 Å². The highest BCUT2D eigenvalue weighted by molar-refractivity contribution is 9.10. The van der Waals surface area contributed by atoms with E-state index in [9.17, 15) is 4.79 Å². The molecule has 0 spiro atoms. The van der Waals surface area contributed by atoms with E-state index in [1.165, 1.54) is 39.3 Å². The summed E-state index contributed by atoms with van der Waals surface area (Å²) < 4.78 is 1.89. The number of hydrogen-bond acceptors (Lipinski definition) is 4. The van der Waals surface area contributed by atoms with Crippen molar-refractivity contribution in [2.45, 2.75) is 32.4 Å². The number of aromatic nitrogens is 2. The Morgan fingerprint density at radius 1 is 1.52 bits per heavy atom. The summed E-state index contributed by atoms with van der Waals surface area (Å²) in [6.45, 7) is 4.76. The minimum absolute atomic E-state index is 0.145. The van der Waals surface area contributed by atoms with E-state index >= 15 is 0 Å². The Balaban J connectivity index is 1.74. The first-order valence-corrected chi connectivity index (χ1v) is 8.51. The minimum Gasteiger partial charge on any atom is -0.378 e. The van der Waals surface area contributed by atoms with Gasteiger partial charge in [0.1, 0.15) is 4.47 Å². The Bertz CT molecular complexity index is 714. The molecule has 6 heteroatoms. The van der Waals surface area contributed by atoms with Crippen LogP contribution in [0.1, 0.15) is 21.7 Å². The largest absolute Gasteiger partial charge is 0.378 e. The molecule has 21 heavy (non-hydrogen) atoms. The van der Waals surface area contributed by atoms with E-state index in [2.05, 4.69) is 39.0 Å². The van der Waals surface area contributed by atoms with Crippen LogP contribution in [0.15, 0.2) is 34.2 Å². The lowest BCUT2D eigenvalue weighted by molar-refractivity contribution is 0.649. The molecule has 0 aliphatic heterocycles. The van der Waals surface area contributed by atoms with Crippen LogP contribution >= 0.6 is 27.3 Å². The van der Waals surface area contributed by atoms with Crippen LogP contribution in [-0.2, 0) is 25.9 Å². The van der Waals surface area contributed by atoms with Crippen LogP contribution in [0, 0.1) is 0 Å². The fraction of sp³-hybridized carbons (Fsp3) is 0.333. The molecule has 0 saturated carbocycles. The second-order valence-electron chi connectivity index (χ2n) is 5.02. The molecule has 2 heterocycles. The number of hydrogen-bond donors (Lipinski definition) is 1. The zero-order chi connectivity index (χ0) is 14.8. The molecule has 0 amide bonds. The predicted octanol–water partition coefficient (Wildman–Crippen LogP) is 3.35. The smallest absolute Gasteiger partial charge is 0.283 e. The first kappa shape index (κ1) is 14.5. The van der Waals surface area contributed by atoms with Gasteiger partial charge in [-0.3, -0.25) is 4.79 Å². The summed E-state index contributed by atoms with van der Waals surface area (Å²) in [4.78, 5) is 14.9. The number of nitrogens with one attached hydrogen (secondary N) is 1. The molecule has 4 nitrogen and oxygen atoms in total. The molecule has 3 rings (SSSR count). The Kier molecular flexibility index (Phi) is 4.26. The number of thiophene rings is 1. The Hall–Kier alpha value is -1.40. The van der Waals surface area contributed by atoms with E-state index in [0.29, 0.717) is 11.0 Å². The second-order valence-corrected chi connectivity index (χ2v) is 7.03. The lowest BCUT2D eigenvalue weighted by Gasteiger charge is -2.08. The molecule has 0 fully saturated rings. The summed E-state index contributed by atoms with van der Waals surface area (Å²) in [5, 5.41) is 7.43. The molecule has 1 aliphatic carbocycles. The molecule has 0 radical (unpaired) electrons. The third kappa shape index (κ3) is 2.96. The van der Waals surface area contributed by atoms with Crippen LogP contribution in [0.4, 0.5) is 5.69 Å². The molecule has 2 aromatic rings. The van der Waals surface area contributed by atoms with Gasteiger partial charge in [0.15, 0.2) is 0 Å². The molecule has 0 aromatic carbocycles. The number of nitrogens with zero attached hydrogens (tertiary/aromatic N) is 2. The number of allylic oxidation sites excluding steroid dienone is 1. The van der Waals surface area contributed by atoms with Crippen molar-refractivity contribution in [2.24, 2.45) is 0 Å². The van der Waals surface area contributed by atoms with Crippen molar-refractivity contribution < 1.29 is 0 Å². The Labute approximate surface area is 135 Å². The standard InChI is InChI=1S/C15H16BrN3OS/c1-2-6-19-15(20)14(16)12(9-18-19)17-8-11-7-10-4-3-5-13(10)21-11/h2,7,9,17H,1,3-6,8H2. The molecule has 110 valence electrons. The van der Waals surface area contributed by atoms with E-state index in [0.717, 1.165) is 12.2 Å². The van der Waals surface area contributed by atoms with Gasteiger partial charge in [-0.25, -0.2) is 4.68 Å².